The summed E-state index contributed by atoms with van der Waals surface area (Å²) in [6.07, 6.45) is 8.38. The summed E-state index contributed by atoms with van der Waals surface area (Å²) in [5, 5.41) is 12.4. The summed E-state index contributed by atoms with van der Waals surface area (Å²) in [6.45, 7) is 4.26. The van der Waals surface area contributed by atoms with Crippen molar-refractivity contribution in [1.82, 2.24) is 5.32 Å². The van der Waals surface area contributed by atoms with Gasteiger partial charge in [-0.3, -0.25) is 9.59 Å². The molecule has 0 aromatic heterocycles. The van der Waals surface area contributed by atoms with Gasteiger partial charge < -0.3 is 10.4 Å². The highest BCUT2D eigenvalue weighted by molar-refractivity contribution is 5.85. The van der Waals surface area contributed by atoms with Crippen LogP contribution in [0.15, 0.2) is 0 Å². The molecule has 120 valence electrons. The molecule has 0 spiro atoms. The minimum Gasteiger partial charge on any atom is -0.481 e. The van der Waals surface area contributed by atoms with Crippen LogP contribution in [0, 0.1) is 23.7 Å². The summed E-state index contributed by atoms with van der Waals surface area (Å²) in [4.78, 5) is 23.7. The molecule has 1 unspecified atom stereocenters. The molecule has 0 saturated heterocycles. The Kier molecular flexibility index (Phi) is 5.65. The van der Waals surface area contributed by atoms with E-state index in [1.54, 1.807) is 0 Å². The maximum Gasteiger partial charge on any atom is 0.307 e. The molecule has 3 atom stereocenters. The van der Waals surface area contributed by atoms with Gasteiger partial charge in [-0.05, 0) is 50.4 Å². The molecule has 0 aliphatic heterocycles. The fourth-order valence-electron chi connectivity index (χ4n) is 4.17. The van der Waals surface area contributed by atoms with E-state index >= 15 is 0 Å². The summed E-state index contributed by atoms with van der Waals surface area (Å²) >= 11 is 0. The number of carbonyl (C=O) groups excluding carboxylic acids is 1. The second kappa shape index (κ2) is 7.28. The Labute approximate surface area is 127 Å². The number of hydrogen-bond donors (Lipinski definition) is 2. The standard InChI is InChI=1S/C17H29NO3/c1-3-4-12-5-7-13(8-6-12)18-16(19)14-9-11(2)10-15(14)17(20)21/h11-15H,3-10H2,1-2H3,(H,18,19)(H,20,21)/t11?,12?,13?,14-,15+/m0/s1. The molecular weight excluding hydrogens is 266 g/mol. The average Bonchev–Trinajstić information content (AvgIpc) is 2.84. The van der Waals surface area contributed by atoms with E-state index in [0.29, 0.717) is 18.8 Å². The summed E-state index contributed by atoms with van der Waals surface area (Å²) in [7, 11) is 0. The van der Waals surface area contributed by atoms with Gasteiger partial charge in [0.25, 0.3) is 0 Å². The first kappa shape index (κ1) is 16.3. The average molecular weight is 295 g/mol. The van der Waals surface area contributed by atoms with E-state index in [9.17, 15) is 14.7 Å². The van der Waals surface area contributed by atoms with Crippen LogP contribution in [0.25, 0.3) is 0 Å². The second-order valence-corrected chi connectivity index (χ2v) is 7.14. The van der Waals surface area contributed by atoms with Crippen molar-refractivity contribution < 1.29 is 14.7 Å². The molecule has 2 N–H and O–H groups in total. The molecular formula is C17H29NO3. The van der Waals surface area contributed by atoms with Gasteiger partial charge in [0, 0.05) is 6.04 Å². The van der Waals surface area contributed by atoms with Crippen LogP contribution in [0.4, 0.5) is 0 Å². The van der Waals surface area contributed by atoms with Crippen LogP contribution in [0.1, 0.15) is 65.2 Å². The van der Waals surface area contributed by atoms with Crippen LogP contribution in [-0.2, 0) is 9.59 Å². The minimum atomic E-state index is -0.814. The van der Waals surface area contributed by atoms with Crippen molar-refractivity contribution in [2.75, 3.05) is 0 Å². The van der Waals surface area contributed by atoms with Crippen LogP contribution >= 0.6 is 0 Å². The number of carboxylic acid groups (broad SMARTS) is 1. The molecule has 1 amide bonds. The van der Waals surface area contributed by atoms with Crippen LogP contribution in [0.3, 0.4) is 0 Å². The van der Waals surface area contributed by atoms with E-state index in [2.05, 4.69) is 12.2 Å². The lowest BCUT2D eigenvalue weighted by atomic mass is 9.83. The van der Waals surface area contributed by atoms with E-state index in [0.717, 1.165) is 18.8 Å². The topological polar surface area (TPSA) is 66.4 Å². The molecule has 4 nitrogen and oxygen atoms in total. The van der Waals surface area contributed by atoms with Crippen LogP contribution in [-0.4, -0.2) is 23.0 Å². The SMILES string of the molecule is CCCC1CCC(NC(=O)[C@H]2CC(C)C[C@H]2C(=O)O)CC1. The largest absolute Gasteiger partial charge is 0.481 e. The van der Waals surface area contributed by atoms with Crippen molar-refractivity contribution in [2.24, 2.45) is 23.7 Å². The lowest BCUT2D eigenvalue weighted by molar-refractivity contribution is -0.146. The van der Waals surface area contributed by atoms with Crippen LogP contribution in [0.2, 0.25) is 0 Å². The zero-order chi connectivity index (χ0) is 15.4. The Hall–Kier alpha value is -1.06. The molecule has 0 heterocycles. The molecule has 0 bridgehead atoms. The first-order chi connectivity index (χ1) is 10.0. The highest BCUT2D eigenvalue weighted by atomic mass is 16.4. The van der Waals surface area contributed by atoms with E-state index in [1.807, 2.05) is 6.92 Å². The maximum atomic E-state index is 12.4. The van der Waals surface area contributed by atoms with Crippen molar-refractivity contribution >= 4 is 11.9 Å². The zero-order valence-corrected chi connectivity index (χ0v) is 13.3. The third-order valence-electron chi connectivity index (χ3n) is 5.34. The summed E-state index contributed by atoms with van der Waals surface area (Å²) in [5.41, 5.74) is 0. The lowest BCUT2D eigenvalue weighted by Gasteiger charge is -2.30. The minimum absolute atomic E-state index is 0.0225. The number of carbonyl (C=O) groups is 2. The van der Waals surface area contributed by atoms with E-state index in [4.69, 9.17) is 0 Å². The Bertz CT molecular complexity index is 374. The smallest absolute Gasteiger partial charge is 0.307 e. The maximum absolute atomic E-state index is 12.4. The molecule has 2 aliphatic carbocycles. The van der Waals surface area contributed by atoms with Gasteiger partial charge in [-0.25, -0.2) is 0 Å². The van der Waals surface area contributed by atoms with E-state index in [1.165, 1.54) is 25.7 Å². The summed E-state index contributed by atoms with van der Waals surface area (Å²) < 4.78 is 0. The normalized spacial score (nSPS) is 36.4. The van der Waals surface area contributed by atoms with Crippen LogP contribution in [0.5, 0.6) is 0 Å². The van der Waals surface area contributed by atoms with E-state index < -0.39 is 11.9 Å². The number of amides is 1. The molecule has 0 radical (unpaired) electrons. The van der Waals surface area contributed by atoms with Gasteiger partial charge in [-0.15, -0.1) is 0 Å². The predicted molar refractivity (Wildman–Crippen MR) is 81.8 cm³/mol. The van der Waals surface area contributed by atoms with Crippen molar-refractivity contribution in [2.45, 2.75) is 71.3 Å². The van der Waals surface area contributed by atoms with E-state index in [-0.39, 0.29) is 17.9 Å². The number of aliphatic carboxylic acids is 1. The van der Waals surface area contributed by atoms with Crippen molar-refractivity contribution in [3.63, 3.8) is 0 Å². The molecule has 2 rings (SSSR count). The highest BCUT2D eigenvalue weighted by Gasteiger charge is 2.41. The van der Waals surface area contributed by atoms with Gasteiger partial charge >= 0.3 is 5.97 Å². The van der Waals surface area contributed by atoms with Gasteiger partial charge in [0.1, 0.15) is 0 Å². The third-order valence-corrected chi connectivity index (χ3v) is 5.34. The lowest BCUT2D eigenvalue weighted by Crippen LogP contribution is -2.42. The molecule has 21 heavy (non-hydrogen) atoms. The Balaban J connectivity index is 1.83. The third kappa shape index (κ3) is 4.21. The number of carboxylic acids is 1. The van der Waals surface area contributed by atoms with Gasteiger partial charge in [-0.2, -0.15) is 0 Å². The van der Waals surface area contributed by atoms with Gasteiger partial charge in [0.15, 0.2) is 0 Å². The molecule has 4 heteroatoms. The number of rotatable bonds is 5. The molecule has 2 fully saturated rings. The van der Waals surface area contributed by atoms with Crippen molar-refractivity contribution in [1.29, 1.82) is 0 Å². The first-order valence-corrected chi connectivity index (χ1v) is 8.54. The van der Waals surface area contributed by atoms with Crippen molar-refractivity contribution in [3.05, 3.63) is 0 Å². The number of hydrogen-bond acceptors (Lipinski definition) is 2. The van der Waals surface area contributed by atoms with Gasteiger partial charge in [-0.1, -0.05) is 26.7 Å². The van der Waals surface area contributed by atoms with Crippen LogP contribution < -0.4 is 5.32 Å². The Morgan fingerprint density at radius 1 is 1.10 bits per heavy atom. The summed E-state index contributed by atoms with van der Waals surface area (Å²) in [5.74, 6) is -0.497. The monoisotopic (exact) mass is 295 g/mol. The molecule has 2 saturated carbocycles. The Morgan fingerprint density at radius 3 is 2.29 bits per heavy atom. The van der Waals surface area contributed by atoms with Crippen molar-refractivity contribution in [3.8, 4) is 0 Å². The highest BCUT2D eigenvalue weighted by Crippen LogP contribution is 2.37. The molecule has 2 aliphatic rings. The second-order valence-electron chi connectivity index (χ2n) is 7.14. The first-order valence-electron chi connectivity index (χ1n) is 8.54. The molecule has 0 aromatic carbocycles. The molecule has 0 aromatic rings. The fourth-order valence-corrected chi connectivity index (χ4v) is 4.17. The summed E-state index contributed by atoms with van der Waals surface area (Å²) in [6, 6.07) is 0.260. The van der Waals surface area contributed by atoms with Gasteiger partial charge in [0.2, 0.25) is 5.91 Å². The fraction of sp³-hybridized carbons (Fsp3) is 0.882. The quantitative estimate of drug-likeness (QED) is 0.818. The predicted octanol–water partition coefficient (Wildman–Crippen LogP) is 3.21. The zero-order valence-electron chi connectivity index (χ0n) is 13.3. The van der Waals surface area contributed by atoms with Gasteiger partial charge in [0.05, 0.1) is 11.8 Å². The number of nitrogens with one attached hydrogen (secondary N) is 1. The Morgan fingerprint density at radius 2 is 1.71 bits per heavy atom.